The second kappa shape index (κ2) is 12.4. The lowest BCUT2D eigenvalue weighted by molar-refractivity contribution is 0.174. The van der Waals surface area contributed by atoms with E-state index in [4.69, 9.17) is 9.47 Å². The van der Waals surface area contributed by atoms with E-state index in [-0.39, 0.29) is 0 Å². The first-order chi connectivity index (χ1) is 18.7. The Hall–Kier alpha value is -3.46. The minimum atomic E-state index is 0.321. The first kappa shape index (κ1) is 26.2. The van der Waals surface area contributed by atoms with E-state index in [0.717, 1.165) is 24.5 Å². The number of ether oxygens (including phenoxy) is 2. The fraction of sp³-hybridized carbons (Fsp3) is 0.371. The van der Waals surface area contributed by atoms with Gasteiger partial charge in [0.1, 0.15) is 0 Å². The lowest BCUT2D eigenvalue weighted by Gasteiger charge is -2.28. The van der Waals surface area contributed by atoms with Crippen LogP contribution in [0.2, 0.25) is 0 Å². The SMILES string of the molecule is CCCC[C@@H](c1c(-c2ccccc2)cc(-c2ccccc2)n1CCCC)C(C)Cc1ccc2c(c1)OCO2. The molecule has 0 saturated heterocycles. The van der Waals surface area contributed by atoms with Crippen molar-refractivity contribution in [1.82, 2.24) is 4.57 Å². The number of fused-ring (bicyclic) bond motifs is 1. The van der Waals surface area contributed by atoms with Gasteiger partial charge in [0.2, 0.25) is 6.79 Å². The molecule has 0 spiro atoms. The molecule has 0 saturated carbocycles. The topological polar surface area (TPSA) is 23.4 Å². The molecule has 0 N–H and O–H groups in total. The highest BCUT2D eigenvalue weighted by Gasteiger charge is 2.28. The van der Waals surface area contributed by atoms with Crippen LogP contribution in [0.25, 0.3) is 22.4 Å². The highest BCUT2D eigenvalue weighted by Crippen LogP contribution is 2.43. The van der Waals surface area contributed by atoms with Crippen molar-refractivity contribution in [2.75, 3.05) is 6.79 Å². The van der Waals surface area contributed by atoms with E-state index in [1.807, 2.05) is 0 Å². The summed E-state index contributed by atoms with van der Waals surface area (Å²) in [6, 6.07) is 30.9. The zero-order chi connectivity index (χ0) is 26.3. The van der Waals surface area contributed by atoms with E-state index in [9.17, 15) is 0 Å². The number of benzene rings is 3. The number of aromatic nitrogens is 1. The molecule has 1 aliphatic rings. The Morgan fingerprint density at radius 3 is 2.16 bits per heavy atom. The standard InChI is InChI=1S/C35H41NO2/c1-4-6-18-30(26(3)22-27-19-20-33-34(23-27)38-25-37-33)35-31(28-14-10-8-11-15-28)24-32(36(35)21-7-5-2)29-16-12-9-13-17-29/h8-17,19-20,23-24,26,30H,4-7,18,21-22,25H2,1-3H3/t26?,30-/m1/s1. The molecule has 38 heavy (non-hydrogen) atoms. The van der Waals surface area contributed by atoms with Gasteiger partial charge in [-0.25, -0.2) is 0 Å². The quantitative estimate of drug-likeness (QED) is 0.191. The molecule has 0 amide bonds. The summed E-state index contributed by atoms with van der Waals surface area (Å²) in [5.74, 6) is 2.66. The van der Waals surface area contributed by atoms with Gasteiger partial charge in [-0.2, -0.15) is 0 Å². The van der Waals surface area contributed by atoms with Crippen LogP contribution in [0.5, 0.6) is 11.5 Å². The van der Waals surface area contributed by atoms with Crippen LogP contribution >= 0.6 is 0 Å². The van der Waals surface area contributed by atoms with E-state index in [1.54, 1.807) is 0 Å². The van der Waals surface area contributed by atoms with Gasteiger partial charge in [0.05, 0.1) is 0 Å². The summed E-state index contributed by atoms with van der Waals surface area (Å²) in [7, 11) is 0. The molecule has 0 aliphatic carbocycles. The van der Waals surface area contributed by atoms with Gasteiger partial charge in [-0.1, -0.05) is 107 Å². The van der Waals surface area contributed by atoms with Crippen LogP contribution in [0.4, 0.5) is 0 Å². The van der Waals surface area contributed by atoms with Gasteiger partial charge in [0.15, 0.2) is 11.5 Å². The van der Waals surface area contributed by atoms with Crippen LogP contribution in [0.1, 0.15) is 70.1 Å². The van der Waals surface area contributed by atoms with Crippen molar-refractivity contribution in [2.45, 2.75) is 71.8 Å². The van der Waals surface area contributed by atoms with Crippen molar-refractivity contribution in [3.05, 3.63) is 96.2 Å². The summed E-state index contributed by atoms with van der Waals surface area (Å²) in [6.07, 6.45) is 6.98. The van der Waals surface area contributed by atoms with Crippen molar-refractivity contribution in [1.29, 1.82) is 0 Å². The number of hydrogen-bond donors (Lipinski definition) is 0. The van der Waals surface area contributed by atoms with Gasteiger partial charge in [0, 0.05) is 29.4 Å². The second-order valence-corrected chi connectivity index (χ2v) is 10.7. The van der Waals surface area contributed by atoms with Gasteiger partial charge < -0.3 is 14.0 Å². The van der Waals surface area contributed by atoms with Gasteiger partial charge >= 0.3 is 0 Å². The molecule has 1 aliphatic heterocycles. The molecule has 2 atom stereocenters. The Kier molecular flexibility index (Phi) is 8.53. The minimum Gasteiger partial charge on any atom is -0.454 e. The van der Waals surface area contributed by atoms with E-state index < -0.39 is 0 Å². The summed E-state index contributed by atoms with van der Waals surface area (Å²) in [5, 5.41) is 0. The predicted molar refractivity (Wildman–Crippen MR) is 158 cm³/mol. The maximum atomic E-state index is 5.70. The number of rotatable bonds is 12. The Labute approximate surface area is 228 Å². The third kappa shape index (κ3) is 5.67. The van der Waals surface area contributed by atoms with E-state index in [0.29, 0.717) is 18.6 Å². The Morgan fingerprint density at radius 2 is 1.45 bits per heavy atom. The van der Waals surface area contributed by atoms with Gasteiger partial charge in [-0.15, -0.1) is 0 Å². The fourth-order valence-corrected chi connectivity index (χ4v) is 5.91. The molecule has 1 aromatic heterocycles. The smallest absolute Gasteiger partial charge is 0.231 e. The Bertz CT molecular complexity index is 1310. The molecule has 5 rings (SSSR count). The van der Waals surface area contributed by atoms with Crippen LogP contribution in [0.3, 0.4) is 0 Å². The molecule has 1 unspecified atom stereocenters. The first-order valence-electron chi connectivity index (χ1n) is 14.4. The fourth-order valence-electron chi connectivity index (χ4n) is 5.91. The summed E-state index contributed by atoms with van der Waals surface area (Å²) in [6.45, 7) is 8.41. The number of nitrogens with zero attached hydrogens (tertiary/aromatic N) is 1. The molecule has 2 heterocycles. The lowest BCUT2D eigenvalue weighted by atomic mass is 9.80. The molecule has 3 nitrogen and oxygen atoms in total. The zero-order valence-corrected chi connectivity index (χ0v) is 23.2. The maximum absolute atomic E-state index is 5.70. The molecule has 198 valence electrons. The van der Waals surface area contributed by atoms with E-state index in [1.165, 1.54) is 65.7 Å². The van der Waals surface area contributed by atoms with Crippen LogP contribution < -0.4 is 9.47 Å². The van der Waals surface area contributed by atoms with Crippen molar-refractivity contribution in [3.8, 4) is 33.9 Å². The van der Waals surface area contributed by atoms with Gasteiger partial charge in [-0.05, 0) is 60.1 Å². The maximum Gasteiger partial charge on any atom is 0.231 e. The average molecular weight is 508 g/mol. The third-order valence-corrected chi connectivity index (χ3v) is 7.93. The van der Waals surface area contributed by atoms with Crippen LogP contribution in [0.15, 0.2) is 84.9 Å². The highest BCUT2D eigenvalue weighted by atomic mass is 16.7. The zero-order valence-electron chi connectivity index (χ0n) is 23.2. The average Bonchev–Trinajstić information content (AvgIpc) is 3.58. The molecule has 3 aromatic carbocycles. The number of unbranched alkanes of at least 4 members (excludes halogenated alkanes) is 2. The summed E-state index contributed by atoms with van der Waals surface area (Å²) < 4.78 is 13.9. The number of hydrogen-bond acceptors (Lipinski definition) is 2. The monoisotopic (exact) mass is 507 g/mol. The summed E-state index contributed by atoms with van der Waals surface area (Å²) in [4.78, 5) is 0. The molecular formula is C35H41NO2. The minimum absolute atomic E-state index is 0.321. The Balaban J connectivity index is 1.62. The molecule has 4 aromatic rings. The largest absolute Gasteiger partial charge is 0.454 e. The third-order valence-electron chi connectivity index (χ3n) is 7.93. The molecule has 0 fully saturated rings. The van der Waals surface area contributed by atoms with Crippen LogP contribution in [-0.4, -0.2) is 11.4 Å². The molecule has 0 radical (unpaired) electrons. The Morgan fingerprint density at radius 1 is 0.763 bits per heavy atom. The van der Waals surface area contributed by atoms with Crippen LogP contribution in [0, 0.1) is 5.92 Å². The highest BCUT2D eigenvalue weighted by molar-refractivity contribution is 5.76. The molecule has 0 bridgehead atoms. The van der Waals surface area contributed by atoms with Crippen LogP contribution in [-0.2, 0) is 13.0 Å². The normalized spacial score (nSPS) is 14.0. The first-order valence-corrected chi connectivity index (χ1v) is 14.4. The summed E-state index contributed by atoms with van der Waals surface area (Å²) in [5.41, 5.74) is 8.16. The molecular weight excluding hydrogens is 466 g/mol. The van der Waals surface area contributed by atoms with E-state index in [2.05, 4.69) is 110 Å². The van der Waals surface area contributed by atoms with E-state index >= 15 is 0 Å². The molecule has 3 heteroatoms. The second-order valence-electron chi connectivity index (χ2n) is 10.7. The summed E-state index contributed by atoms with van der Waals surface area (Å²) >= 11 is 0. The van der Waals surface area contributed by atoms with Gasteiger partial charge in [0.25, 0.3) is 0 Å². The van der Waals surface area contributed by atoms with Gasteiger partial charge in [-0.3, -0.25) is 0 Å². The predicted octanol–water partition coefficient (Wildman–Crippen LogP) is 9.50. The van der Waals surface area contributed by atoms with Crippen molar-refractivity contribution in [2.24, 2.45) is 5.92 Å². The van der Waals surface area contributed by atoms with Crippen molar-refractivity contribution in [3.63, 3.8) is 0 Å². The van der Waals surface area contributed by atoms with Crippen molar-refractivity contribution >= 4 is 0 Å². The van der Waals surface area contributed by atoms with Crippen molar-refractivity contribution < 1.29 is 9.47 Å². The lowest BCUT2D eigenvalue weighted by Crippen LogP contribution is -2.18.